The summed E-state index contributed by atoms with van der Waals surface area (Å²) in [6.07, 6.45) is 0.741. The average Bonchev–Trinajstić information content (AvgIpc) is 2.34. The summed E-state index contributed by atoms with van der Waals surface area (Å²) in [5.74, 6) is 0. The van der Waals surface area contributed by atoms with E-state index in [1.54, 1.807) is 11.9 Å². The zero-order chi connectivity index (χ0) is 12.8. The number of nitro groups is 1. The van der Waals surface area contributed by atoms with E-state index in [2.05, 4.69) is 0 Å². The van der Waals surface area contributed by atoms with Gasteiger partial charge in [-0.2, -0.15) is 5.26 Å². The van der Waals surface area contributed by atoms with Crippen molar-refractivity contribution in [3.63, 3.8) is 0 Å². The highest BCUT2D eigenvalue weighted by Gasteiger charge is 2.17. The predicted octanol–water partition coefficient (Wildman–Crippen LogP) is 1.25. The zero-order valence-electron chi connectivity index (χ0n) is 9.59. The average molecular weight is 234 g/mol. The number of hydrogen-bond acceptors (Lipinski definition) is 5. The van der Waals surface area contributed by atoms with E-state index in [0.717, 1.165) is 6.42 Å². The van der Waals surface area contributed by atoms with Crippen LogP contribution in [0.1, 0.15) is 12.0 Å². The molecule has 0 atom stereocenters. The van der Waals surface area contributed by atoms with E-state index in [4.69, 9.17) is 11.0 Å². The molecule has 90 valence electrons. The zero-order valence-corrected chi connectivity index (χ0v) is 9.59. The molecule has 0 bridgehead atoms. The maximum Gasteiger partial charge on any atom is 0.292 e. The molecule has 0 aliphatic rings. The lowest BCUT2D eigenvalue weighted by Crippen LogP contribution is -2.22. The minimum Gasteiger partial charge on any atom is -0.369 e. The third-order valence-corrected chi connectivity index (χ3v) is 2.41. The third kappa shape index (κ3) is 3.16. The van der Waals surface area contributed by atoms with E-state index in [0.29, 0.717) is 24.3 Å². The molecule has 0 aliphatic carbocycles. The van der Waals surface area contributed by atoms with Crippen LogP contribution in [0, 0.1) is 21.4 Å². The first kappa shape index (κ1) is 12.9. The van der Waals surface area contributed by atoms with Crippen molar-refractivity contribution in [3.05, 3.63) is 33.9 Å². The van der Waals surface area contributed by atoms with Crippen molar-refractivity contribution in [2.45, 2.75) is 6.42 Å². The van der Waals surface area contributed by atoms with E-state index in [9.17, 15) is 10.1 Å². The van der Waals surface area contributed by atoms with Crippen LogP contribution in [-0.2, 0) is 0 Å². The van der Waals surface area contributed by atoms with Crippen LogP contribution < -0.4 is 10.6 Å². The Kier molecular flexibility index (Phi) is 4.43. The number of hydrogen-bond donors (Lipinski definition) is 1. The molecule has 0 saturated heterocycles. The van der Waals surface area contributed by atoms with Gasteiger partial charge in [-0.1, -0.05) is 0 Å². The first-order valence-corrected chi connectivity index (χ1v) is 5.20. The van der Waals surface area contributed by atoms with Gasteiger partial charge in [-0.25, -0.2) is 0 Å². The SMILES string of the molecule is CN(CCCN)c1cc(C#N)ccc1[N+](=O)[O-]. The van der Waals surface area contributed by atoms with Gasteiger partial charge in [-0.05, 0) is 25.1 Å². The fraction of sp³-hybridized carbons (Fsp3) is 0.364. The summed E-state index contributed by atoms with van der Waals surface area (Å²) in [6, 6.07) is 6.29. The number of nitrogens with two attached hydrogens (primary N) is 1. The molecule has 0 fully saturated rings. The summed E-state index contributed by atoms with van der Waals surface area (Å²) in [5, 5.41) is 19.7. The summed E-state index contributed by atoms with van der Waals surface area (Å²) in [7, 11) is 1.75. The summed E-state index contributed by atoms with van der Waals surface area (Å²) in [6.45, 7) is 1.14. The molecule has 1 aromatic carbocycles. The van der Waals surface area contributed by atoms with Crippen LogP contribution in [0.15, 0.2) is 18.2 Å². The second-order valence-corrected chi connectivity index (χ2v) is 3.64. The van der Waals surface area contributed by atoms with Gasteiger partial charge in [0.1, 0.15) is 5.69 Å². The molecule has 0 spiro atoms. The van der Waals surface area contributed by atoms with Crippen molar-refractivity contribution in [2.24, 2.45) is 5.73 Å². The molecule has 0 aliphatic heterocycles. The van der Waals surface area contributed by atoms with Crippen LogP contribution in [-0.4, -0.2) is 25.1 Å². The summed E-state index contributed by atoms with van der Waals surface area (Å²) >= 11 is 0. The number of nitriles is 1. The Balaban J connectivity index is 3.09. The normalized spacial score (nSPS) is 9.71. The van der Waals surface area contributed by atoms with Crippen LogP contribution in [0.3, 0.4) is 0 Å². The molecule has 0 radical (unpaired) electrons. The lowest BCUT2D eigenvalue weighted by Gasteiger charge is -2.18. The molecule has 0 aromatic heterocycles. The molecule has 17 heavy (non-hydrogen) atoms. The van der Waals surface area contributed by atoms with Crippen molar-refractivity contribution >= 4 is 11.4 Å². The van der Waals surface area contributed by atoms with Gasteiger partial charge >= 0.3 is 0 Å². The molecule has 0 unspecified atom stereocenters. The van der Waals surface area contributed by atoms with Crippen molar-refractivity contribution in [1.29, 1.82) is 5.26 Å². The van der Waals surface area contributed by atoms with Crippen molar-refractivity contribution in [1.82, 2.24) is 0 Å². The van der Waals surface area contributed by atoms with E-state index in [1.165, 1.54) is 18.2 Å². The lowest BCUT2D eigenvalue weighted by atomic mass is 10.1. The monoisotopic (exact) mass is 234 g/mol. The first-order valence-electron chi connectivity index (χ1n) is 5.20. The summed E-state index contributed by atoms with van der Waals surface area (Å²) < 4.78 is 0. The van der Waals surface area contributed by atoms with Crippen LogP contribution >= 0.6 is 0 Å². The van der Waals surface area contributed by atoms with Crippen molar-refractivity contribution in [3.8, 4) is 6.07 Å². The fourth-order valence-corrected chi connectivity index (χ4v) is 1.50. The van der Waals surface area contributed by atoms with Crippen LogP contribution in [0.2, 0.25) is 0 Å². The topological polar surface area (TPSA) is 96.2 Å². The van der Waals surface area contributed by atoms with Crippen molar-refractivity contribution < 1.29 is 4.92 Å². The van der Waals surface area contributed by atoms with E-state index >= 15 is 0 Å². The van der Waals surface area contributed by atoms with Gasteiger partial charge in [0.25, 0.3) is 5.69 Å². The largest absolute Gasteiger partial charge is 0.369 e. The number of nitrogens with zero attached hydrogens (tertiary/aromatic N) is 3. The maximum atomic E-state index is 10.9. The minimum absolute atomic E-state index is 0.00326. The van der Waals surface area contributed by atoms with Crippen molar-refractivity contribution in [2.75, 3.05) is 25.0 Å². The number of benzene rings is 1. The second kappa shape index (κ2) is 5.82. The Hall–Kier alpha value is -2.13. The summed E-state index contributed by atoms with van der Waals surface area (Å²) in [4.78, 5) is 12.2. The fourth-order valence-electron chi connectivity index (χ4n) is 1.50. The standard InChI is InChI=1S/C11H14N4O2/c1-14(6-2-5-12)11-7-9(8-13)3-4-10(11)15(16)17/h3-4,7H,2,5-6,12H2,1H3. The highest BCUT2D eigenvalue weighted by atomic mass is 16.6. The quantitative estimate of drug-likeness (QED) is 0.611. The molecule has 1 aromatic rings. The Morgan fingerprint density at radius 1 is 1.59 bits per heavy atom. The lowest BCUT2D eigenvalue weighted by molar-refractivity contribution is -0.384. The van der Waals surface area contributed by atoms with Crippen LogP contribution in [0.25, 0.3) is 0 Å². The number of nitro benzene ring substituents is 1. The molecule has 0 saturated carbocycles. The summed E-state index contributed by atoms with van der Waals surface area (Å²) in [5.41, 5.74) is 6.25. The van der Waals surface area contributed by atoms with E-state index < -0.39 is 4.92 Å². The van der Waals surface area contributed by atoms with E-state index in [1.807, 2.05) is 6.07 Å². The van der Waals surface area contributed by atoms with Gasteiger partial charge in [0.05, 0.1) is 16.6 Å². The van der Waals surface area contributed by atoms with Gasteiger partial charge in [0.2, 0.25) is 0 Å². The molecule has 2 N–H and O–H groups in total. The third-order valence-electron chi connectivity index (χ3n) is 2.41. The Labute approximate surface area is 99.4 Å². The molecule has 6 heteroatoms. The molecule has 6 nitrogen and oxygen atoms in total. The number of anilines is 1. The Bertz CT molecular complexity index is 453. The van der Waals surface area contributed by atoms with Crippen LogP contribution in [0.5, 0.6) is 0 Å². The van der Waals surface area contributed by atoms with Gasteiger partial charge < -0.3 is 10.6 Å². The highest BCUT2D eigenvalue weighted by molar-refractivity contribution is 5.65. The smallest absolute Gasteiger partial charge is 0.292 e. The van der Waals surface area contributed by atoms with Gasteiger partial charge in [0, 0.05) is 19.7 Å². The highest BCUT2D eigenvalue weighted by Crippen LogP contribution is 2.28. The van der Waals surface area contributed by atoms with Gasteiger partial charge in [0.15, 0.2) is 0 Å². The van der Waals surface area contributed by atoms with Gasteiger partial charge in [-0.15, -0.1) is 0 Å². The minimum atomic E-state index is -0.449. The second-order valence-electron chi connectivity index (χ2n) is 3.64. The number of rotatable bonds is 5. The molecular weight excluding hydrogens is 220 g/mol. The molecule has 0 amide bonds. The first-order chi connectivity index (χ1) is 8.10. The van der Waals surface area contributed by atoms with Gasteiger partial charge in [-0.3, -0.25) is 10.1 Å². The Morgan fingerprint density at radius 2 is 2.29 bits per heavy atom. The maximum absolute atomic E-state index is 10.9. The Morgan fingerprint density at radius 3 is 2.82 bits per heavy atom. The van der Waals surface area contributed by atoms with Crippen LogP contribution in [0.4, 0.5) is 11.4 Å². The molecule has 0 heterocycles. The predicted molar refractivity (Wildman–Crippen MR) is 64.8 cm³/mol. The molecule has 1 rings (SSSR count). The molecular formula is C11H14N4O2. The van der Waals surface area contributed by atoms with E-state index in [-0.39, 0.29) is 5.69 Å².